The molecule has 0 unspecified atom stereocenters. The molecule has 0 radical (unpaired) electrons. The summed E-state index contributed by atoms with van der Waals surface area (Å²) in [6.45, 7) is 3.50. The lowest BCUT2D eigenvalue weighted by Crippen LogP contribution is -2.27. The van der Waals surface area contributed by atoms with E-state index in [0.29, 0.717) is 11.4 Å². The van der Waals surface area contributed by atoms with Gasteiger partial charge in [0.2, 0.25) is 5.91 Å². The third-order valence-electron chi connectivity index (χ3n) is 4.06. The maximum atomic E-state index is 12.7. The van der Waals surface area contributed by atoms with Crippen molar-refractivity contribution in [2.45, 2.75) is 25.2 Å². The van der Waals surface area contributed by atoms with Crippen LogP contribution in [0.15, 0.2) is 53.4 Å². The molecule has 6 heteroatoms. The zero-order valence-corrected chi connectivity index (χ0v) is 15.2. The number of hydrogen-bond acceptors (Lipinski definition) is 3. The molecule has 0 N–H and O–H groups in total. The second kappa shape index (κ2) is 7.05. The molecule has 0 aromatic heterocycles. The summed E-state index contributed by atoms with van der Waals surface area (Å²) >= 11 is 0. The fourth-order valence-electron chi connectivity index (χ4n) is 2.26. The monoisotopic (exact) mass is 346 g/mol. The molecule has 0 fully saturated rings. The molecule has 0 spiro atoms. The summed E-state index contributed by atoms with van der Waals surface area (Å²) in [7, 11) is -0.419. The first kappa shape index (κ1) is 18.0. The van der Waals surface area contributed by atoms with Gasteiger partial charge in [0.15, 0.2) is 0 Å². The Morgan fingerprint density at radius 1 is 0.917 bits per heavy atom. The van der Waals surface area contributed by atoms with Gasteiger partial charge in [-0.05, 0) is 48.4 Å². The minimum absolute atomic E-state index is 0.0836. The van der Waals surface area contributed by atoms with E-state index >= 15 is 0 Å². The third-order valence-corrected chi connectivity index (χ3v) is 5.86. The van der Waals surface area contributed by atoms with E-state index in [-0.39, 0.29) is 10.8 Å². The van der Waals surface area contributed by atoms with Crippen LogP contribution in [0.5, 0.6) is 0 Å². The van der Waals surface area contributed by atoms with Crippen molar-refractivity contribution in [3.8, 4) is 0 Å². The molecule has 0 aliphatic carbocycles. The molecule has 0 atom stereocenters. The smallest absolute Gasteiger partial charge is 0.264 e. The van der Waals surface area contributed by atoms with Crippen molar-refractivity contribution >= 4 is 27.3 Å². The number of aryl methyl sites for hydroxylation is 1. The molecular weight excluding hydrogens is 324 g/mol. The Labute approximate surface area is 143 Å². The standard InChI is InChI=1S/C18H22N2O3S/c1-5-15-6-12-18(13-7-15)24(22,23)20(4)17-10-8-16(9-11-17)19(3)14(2)21/h6-13H,5H2,1-4H3. The van der Waals surface area contributed by atoms with Crippen LogP contribution in [-0.2, 0) is 21.2 Å². The van der Waals surface area contributed by atoms with E-state index in [0.717, 1.165) is 12.0 Å². The topological polar surface area (TPSA) is 57.7 Å². The van der Waals surface area contributed by atoms with Crippen LogP contribution in [0.3, 0.4) is 0 Å². The van der Waals surface area contributed by atoms with E-state index in [9.17, 15) is 13.2 Å². The Morgan fingerprint density at radius 3 is 1.88 bits per heavy atom. The van der Waals surface area contributed by atoms with E-state index in [1.165, 1.54) is 23.2 Å². The highest BCUT2D eigenvalue weighted by Gasteiger charge is 2.21. The minimum atomic E-state index is -3.61. The molecule has 5 nitrogen and oxygen atoms in total. The zero-order chi connectivity index (χ0) is 17.9. The molecule has 24 heavy (non-hydrogen) atoms. The van der Waals surface area contributed by atoms with Gasteiger partial charge in [0.05, 0.1) is 10.6 Å². The summed E-state index contributed by atoms with van der Waals surface area (Å²) < 4.78 is 26.7. The number of sulfonamides is 1. The average molecular weight is 346 g/mol. The van der Waals surface area contributed by atoms with Crippen LogP contribution in [0.4, 0.5) is 11.4 Å². The molecule has 0 heterocycles. The fraction of sp³-hybridized carbons (Fsp3) is 0.278. The number of carbonyl (C=O) groups excluding carboxylic acids is 1. The summed E-state index contributed by atoms with van der Waals surface area (Å²) in [5.74, 6) is -0.0836. The van der Waals surface area contributed by atoms with Gasteiger partial charge in [-0.1, -0.05) is 19.1 Å². The summed E-state index contributed by atoms with van der Waals surface area (Å²) in [6, 6.07) is 13.7. The number of anilines is 2. The molecule has 2 aromatic rings. The summed E-state index contributed by atoms with van der Waals surface area (Å²) in [4.78, 5) is 13.1. The van der Waals surface area contributed by atoms with Gasteiger partial charge < -0.3 is 4.90 Å². The van der Waals surface area contributed by atoms with Crippen molar-refractivity contribution in [1.29, 1.82) is 0 Å². The van der Waals surface area contributed by atoms with Crippen LogP contribution in [0.2, 0.25) is 0 Å². The zero-order valence-electron chi connectivity index (χ0n) is 14.4. The predicted molar refractivity (Wildman–Crippen MR) is 96.9 cm³/mol. The fourth-order valence-corrected chi connectivity index (χ4v) is 3.46. The lowest BCUT2D eigenvalue weighted by atomic mass is 10.2. The van der Waals surface area contributed by atoms with Crippen molar-refractivity contribution < 1.29 is 13.2 Å². The largest absolute Gasteiger partial charge is 0.316 e. The normalized spacial score (nSPS) is 11.2. The van der Waals surface area contributed by atoms with Crippen LogP contribution in [0.1, 0.15) is 19.4 Å². The van der Waals surface area contributed by atoms with Crippen LogP contribution in [0.25, 0.3) is 0 Å². The summed E-state index contributed by atoms with van der Waals surface area (Å²) in [5.41, 5.74) is 2.34. The van der Waals surface area contributed by atoms with E-state index < -0.39 is 10.0 Å². The Balaban J connectivity index is 2.29. The molecule has 2 rings (SSSR count). The maximum Gasteiger partial charge on any atom is 0.264 e. The van der Waals surface area contributed by atoms with Crippen LogP contribution >= 0.6 is 0 Å². The van der Waals surface area contributed by atoms with Gasteiger partial charge in [0.1, 0.15) is 0 Å². The maximum absolute atomic E-state index is 12.7. The van der Waals surface area contributed by atoms with E-state index in [1.807, 2.05) is 19.1 Å². The quantitative estimate of drug-likeness (QED) is 0.836. The number of benzene rings is 2. The molecule has 128 valence electrons. The Bertz CT molecular complexity index is 812. The van der Waals surface area contributed by atoms with Crippen molar-refractivity contribution in [3.63, 3.8) is 0 Å². The van der Waals surface area contributed by atoms with Gasteiger partial charge in [-0.2, -0.15) is 0 Å². The van der Waals surface area contributed by atoms with E-state index in [4.69, 9.17) is 0 Å². The van der Waals surface area contributed by atoms with Crippen LogP contribution < -0.4 is 9.21 Å². The molecule has 0 bridgehead atoms. The van der Waals surface area contributed by atoms with Crippen LogP contribution in [0, 0.1) is 0 Å². The molecule has 0 saturated carbocycles. The van der Waals surface area contributed by atoms with Gasteiger partial charge >= 0.3 is 0 Å². The van der Waals surface area contributed by atoms with Crippen molar-refractivity contribution in [2.24, 2.45) is 0 Å². The van der Waals surface area contributed by atoms with Gasteiger partial charge in [0, 0.05) is 26.7 Å². The number of rotatable bonds is 5. The minimum Gasteiger partial charge on any atom is -0.316 e. The Morgan fingerprint density at radius 2 is 1.42 bits per heavy atom. The van der Waals surface area contributed by atoms with E-state index in [2.05, 4.69) is 0 Å². The molecule has 0 saturated heterocycles. The second-order valence-electron chi connectivity index (χ2n) is 5.56. The first-order valence-electron chi connectivity index (χ1n) is 7.69. The van der Waals surface area contributed by atoms with Gasteiger partial charge in [-0.15, -0.1) is 0 Å². The van der Waals surface area contributed by atoms with Crippen molar-refractivity contribution in [2.75, 3.05) is 23.3 Å². The number of carbonyl (C=O) groups is 1. The number of hydrogen-bond donors (Lipinski definition) is 0. The highest BCUT2D eigenvalue weighted by Crippen LogP contribution is 2.25. The SMILES string of the molecule is CCc1ccc(S(=O)(=O)N(C)c2ccc(N(C)C(C)=O)cc2)cc1. The number of amides is 1. The highest BCUT2D eigenvalue weighted by atomic mass is 32.2. The first-order valence-corrected chi connectivity index (χ1v) is 9.13. The summed E-state index contributed by atoms with van der Waals surface area (Å²) in [6.07, 6.45) is 0.862. The predicted octanol–water partition coefficient (Wildman–Crippen LogP) is 3.06. The molecular formula is C18H22N2O3S. The summed E-state index contributed by atoms with van der Waals surface area (Å²) in [5, 5.41) is 0. The highest BCUT2D eigenvalue weighted by molar-refractivity contribution is 7.92. The van der Waals surface area contributed by atoms with Gasteiger partial charge in [-0.25, -0.2) is 8.42 Å². The third kappa shape index (κ3) is 3.59. The lowest BCUT2D eigenvalue weighted by molar-refractivity contribution is -0.116. The molecule has 0 aliphatic rings. The van der Waals surface area contributed by atoms with Crippen molar-refractivity contribution in [3.05, 3.63) is 54.1 Å². The Kier molecular flexibility index (Phi) is 5.29. The van der Waals surface area contributed by atoms with Crippen LogP contribution in [-0.4, -0.2) is 28.4 Å². The number of nitrogens with zero attached hydrogens (tertiary/aromatic N) is 2. The van der Waals surface area contributed by atoms with Gasteiger partial charge in [0.25, 0.3) is 10.0 Å². The van der Waals surface area contributed by atoms with E-state index in [1.54, 1.807) is 43.4 Å². The lowest BCUT2D eigenvalue weighted by Gasteiger charge is -2.21. The molecule has 0 aliphatic heterocycles. The Hall–Kier alpha value is -2.34. The van der Waals surface area contributed by atoms with Crippen molar-refractivity contribution in [1.82, 2.24) is 0 Å². The van der Waals surface area contributed by atoms with Gasteiger partial charge in [-0.3, -0.25) is 9.10 Å². The first-order chi connectivity index (χ1) is 11.3. The molecule has 2 aromatic carbocycles. The average Bonchev–Trinajstić information content (AvgIpc) is 2.60. The second-order valence-corrected chi connectivity index (χ2v) is 7.53. The molecule has 1 amide bonds.